The molecule has 0 atom stereocenters. The molecule has 1 heterocycles. The summed E-state index contributed by atoms with van der Waals surface area (Å²) in [6, 6.07) is 19.0. The predicted octanol–water partition coefficient (Wildman–Crippen LogP) is 4.90. The number of hydrazone groups is 1. The first kappa shape index (κ1) is 29.3. The van der Waals surface area contributed by atoms with Crippen LogP contribution in [-0.4, -0.2) is 45.9 Å². The van der Waals surface area contributed by atoms with Crippen LogP contribution >= 0.6 is 0 Å². The zero-order chi connectivity index (χ0) is 29.7. The van der Waals surface area contributed by atoms with Gasteiger partial charge in [-0.1, -0.05) is 17.7 Å². The molecule has 0 aliphatic heterocycles. The van der Waals surface area contributed by atoms with Crippen LogP contribution < -0.4 is 19.2 Å². The Bertz CT molecular complexity index is 1680. The van der Waals surface area contributed by atoms with Gasteiger partial charge in [0.15, 0.2) is 0 Å². The van der Waals surface area contributed by atoms with Gasteiger partial charge >= 0.3 is 0 Å². The summed E-state index contributed by atoms with van der Waals surface area (Å²) in [5, 5.41) is 4.08. The highest BCUT2D eigenvalue weighted by atomic mass is 32.2. The Balaban J connectivity index is 1.60. The summed E-state index contributed by atoms with van der Waals surface area (Å²) in [5.41, 5.74) is 6.72. The van der Waals surface area contributed by atoms with Crippen LogP contribution in [0.5, 0.6) is 11.5 Å². The maximum absolute atomic E-state index is 13.7. The number of nitrogens with zero attached hydrogens (tertiary/aromatic N) is 3. The van der Waals surface area contributed by atoms with Crippen LogP contribution in [0.15, 0.2) is 82.8 Å². The molecule has 0 spiro atoms. The van der Waals surface area contributed by atoms with Crippen molar-refractivity contribution in [2.45, 2.75) is 25.7 Å². The molecular formula is C30H31FN4O5S. The topological polar surface area (TPSA) is 102 Å². The van der Waals surface area contributed by atoms with Crippen molar-refractivity contribution in [2.75, 3.05) is 25.1 Å². The molecule has 0 fully saturated rings. The number of sulfonamides is 1. The van der Waals surface area contributed by atoms with Crippen LogP contribution in [0.4, 0.5) is 10.1 Å². The summed E-state index contributed by atoms with van der Waals surface area (Å²) in [7, 11) is -1.28. The summed E-state index contributed by atoms with van der Waals surface area (Å²) in [5.74, 6) is -0.316. The highest BCUT2D eigenvalue weighted by molar-refractivity contribution is 7.92. The zero-order valence-electron chi connectivity index (χ0n) is 23.4. The molecular weight excluding hydrogens is 547 g/mol. The lowest BCUT2D eigenvalue weighted by atomic mass is 10.2. The number of carbonyl (C=O) groups is 1. The number of amides is 1. The van der Waals surface area contributed by atoms with Crippen molar-refractivity contribution in [1.29, 1.82) is 0 Å². The molecule has 1 aromatic heterocycles. The van der Waals surface area contributed by atoms with E-state index in [9.17, 15) is 17.6 Å². The molecule has 214 valence electrons. The second kappa shape index (κ2) is 12.3. The minimum Gasteiger partial charge on any atom is -0.497 e. The van der Waals surface area contributed by atoms with Gasteiger partial charge in [-0.3, -0.25) is 9.10 Å². The van der Waals surface area contributed by atoms with Crippen LogP contribution in [0.3, 0.4) is 0 Å². The summed E-state index contributed by atoms with van der Waals surface area (Å²) in [6.07, 6.45) is 1.48. The number of anilines is 1. The third-order valence-electron chi connectivity index (χ3n) is 6.50. The number of aromatic nitrogens is 1. The molecule has 4 aromatic rings. The monoisotopic (exact) mass is 578 g/mol. The van der Waals surface area contributed by atoms with Gasteiger partial charge in [0, 0.05) is 28.7 Å². The predicted molar refractivity (Wildman–Crippen MR) is 156 cm³/mol. The van der Waals surface area contributed by atoms with Gasteiger partial charge in [-0.05, 0) is 75.4 Å². The van der Waals surface area contributed by atoms with Crippen molar-refractivity contribution in [3.8, 4) is 17.2 Å². The van der Waals surface area contributed by atoms with Crippen molar-refractivity contribution in [2.24, 2.45) is 5.10 Å². The number of hydrogen-bond donors (Lipinski definition) is 1. The highest BCUT2D eigenvalue weighted by Gasteiger charge is 2.29. The van der Waals surface area contributed by atoms with Crippen LogP contribution in [0.1, 0.15) is 22.5 Å². The molecule has 0 saturated carbocycles. The van der Waals surface area contributed by atoms with Crippen LogP contribution in [0.25, 0.3) is 5.69 Å². The van der Waals surface area contributed by atoms with E-state index in [1.54, 1.807) is 36.4 Å². The average molecular weight is 579 g/mol. The first-order chi connectivity index (χ1) is 19.5. The molecule has 11 heteroatoms. The van der Waals surface area contributed by atoms with Gasteiger partial charge < -0.3 is 14.0 Å². The maximum atomic E-state index is 13.7. The SMILES string of the molecule is COc1ccc(N(CC(=O)NN=Cc2cc(C)n(-c3ccc(F)cc3)c2C)S(=O)(=O)c2ccc(C)cc2)c(OC)c1. The Morgan fingerprint density at radius 3 is 2.29 bits per heavy atom. The highest BCUT2D eigenvalue weighted by Crippen LogP contribution is 2.35. The van der Waals surface area contributed by atoms with E-state index in [-0.39, 0.29) is 22.1 Å². The van der Waals surface area contributed by atoms with Crippen molar-refractivity contribution < 1.29 is 27.1 Å². The van der Waals surface area contributed by atoms with Crippen molar-refractivity contribution in [1.82, 2.24) is 9.99 Å². The van der Waals surface area contributed by atoms with Crippen molar-refractivity contribution >= 4 is 27.8 Å². The number of aryl methyl sites for hydroxylation is 2. The number of methoxy groups -OCH3 is 2. The number of halogens is 1. The lowest BCUT2D eigenvalue weighted by molar-refractivity contribution is -0.119. The molecule has 1 N–H and O–H groups in total. The summed E-state index contributed by atoms with van der Waals surface area (Å²) in [4.78, 5) is 13.1. The lowest BCUT2D eigenvalue weighted by Crippen LogP contribution is -2.39. The van der Waals surface area contributed by atoms with Gasteiger partial charge in [-0.25, -0.2) is 18.2 Å². The second-order valence-electron chi connectivity index (χ2n) is 9.29. The molecule has 41 heavy (non-hydrogen) atoms. The zero-order valence-corrected chi connectivity index (χ0v) is 24.2. The molecule has 9 nitrogen and oxygen atoms in total. The third kappa shape index (κ3) is 6.41. The minimum atomic E-state index is -4.17. The number of rotatable bonds is 10. The third-order valence-corrected chi connectivity index (χ3v) is 8.27. The van der Waals surface area contributed by atoms with E-state index in [0.29, 0.717) is 5.75 Å². The molecule has 0 aliphatic carbocycles. The molecule has 4 rings (SSSR count). The first-order valence-corrected chi connectivity index (χ1v) is 14.1. The van der Waals surface area contributed by atoms with Crippen LogP contribution in [-0.2, 0) is 14.8 Å². The molecule has 0 aliphatic rings. The fourth-order valence-corrected chi connectivity index (χ4v) is 5.80. The molecule has 0 unspecified atom stereocenters. The Morgan fingerprint density at radius 1 is 0.976 bits per heavy atom. The van der Waals surface area contributed by atoms with Gasteiger partial charge in [-0.2, -0.15) is 5.10 Å². The van der Waals surface area contributed by atoms with Gasteiger partial charge in [0.1, 0.15) is 23.9 Å². The minimum absolute atomic E-state index is 0.0190. The Kier molecular flexibility index (Phi) is 8.77. The molecule has 0 radical (unpaired) electrons. The smallest absolute Gasteiger partial charge is 0.264 e. The standard InChI is InChI=1S/C30H31FN4O5S/c1-20-6-13-27(14-7-20)41(37,38)34(28-15-12-26(39-4)17-29(28)40-5)19-30(36)33-32-18-23-16-21(2)35(22(23)3)25-10-8-24(31)9-11-25/h6-18H,19H2,1-5H3,(H,33,36). The summed E-state index contributed by atoms with van der Waals surface area (Å²) < 4.78 is 54.4. The van der Waals surface area contributed by atoms with Crippen LogP contribution in [0.2, 0.25) is 0 Å². The second-order valence-corrected chi connectivity index (χ2v) is 11.2. The average Bonchev–Trinajstić information content (AvgIpc) is 3.24. The lowest BCUT2D eigenvalue weighted by Gasteiger charge is -2.25. The largest absolute Gasteiger partial charge is 0.497 e. The Labute approximate surface area is 238 Å². The van der Waals surface area contributed by atoms with E-state index in [1.165, 1.54) is 50.8 Å². The number of hydrogen-bond acceptors (Lipinski definition) is 6. The number of carbonyl (C=O) groups excluding carboxylic acids is 1. The Hall–Kier alpha value is -4.64. The maximum Gasteiger partial charge on any atom is 0.264 e. The number of ether oxygens (including phenoxy) is 2. The summed E-state index contributed by atoms with van der Waals surface area (Å²) >= 11 is 0. The van der Waals surface area contributed by atoms with E-state index in [4.69, 9.17) is 9.47 Å². The molecule has 1 amide bonds. The van der Waals surface area contributed by atoms with E-state index in [1.807, 2.05) is 31.4 Å². The quantitative estimate of drug-likeness (QED) is 0.213. The molecule has 0 bridgehead atoms. The fraction of sp³-hybridized carbons (Fsp3) is 0.200. The van der Waals surface area contributed by atoms with E-state index in [0.717, 1.165) is 32.5 Å². The van der Waals surface area contributed by atoms with Gasteiger partial charge in [0.25, 0.3) is 15.9 Å². The Morgan fingerprint density at radius 2 is 1.66 bits per heavy atom. The van der Waals surface area contributed by atoms with Gasteiger partial charge in [0.2, 0.25) is 0 Å². The first-order valence-electron chi connectivity index (χ1n) is 12.6. The van der Waals surface area contributed by atoms with E-state index < -0.39 is 22.5 Å². The molecule has 0 saturated heterocycles. The summed E-state index contributed by atoms with van der Waals surface area (Å²) in [6.45, 7) is 5.07. The van der Waals surface area contributed by atoms with Crippen LogP contribution in [0, 0.1) is 26.6 Å². The van der Waals surface area contributed by atoms with E-state index in [2.05, 4.69) is 10.5 Å². The van der Waals surface area contributed by atoms with Crippen molar-refractivity contribution in [3.63, 3.8) is 0 Å². The normalized spacial score (nSPS) is 11.5. The van der Waals surface area contributed by atoms with Gasteiger partial charge in [-0.15, -0.1) is 0 Å². The number of benzene rings is 3. The van der Waals surface area contributed by atoms with E-state index >= 15 is 0 Å². The fourth-order valence-electron chi connectivity index (χ4n) is 4.37. The number of nitrogens with one attached hydrogen (secondary N) is 1. The van der Waals surface area contributed by atoms with Crippen molar-refractivity contribution in [3.05, 3.63) is 101 Å². The molecule has 3 aromatic carbocycles. The van der Waals surface area contributed by atoms with Gasteiger partial charge in [0.05, 0.1) is 31.0 Å².